The number of benzene rings is 1. The number of nitrogens with zero attached hydrogens (tertiary/aromatic N) is 3. The van der Waals surface area contributed by atoms with E-state index in [0.29, 0.717) is 5.56 Å². The minimum Gasteiger partial charge on any atom is -0.296 e. The van der Waals surface area contributed by atoms with Gasteiger partial charge in [0.25, 0.3) is 5.91 Å². The lowest BCUT2D eigenvalue weighted by Crippen LogP contribution is -2.28. The molecule has 1 aromatic carbocycles. The van der Waals surface area contributed by atoms with Crippen molar-refractivity contribution in [3.8, 4) is 0 Å². The average molecular weight is 215 g/mol. The summed E-state index contributed by atoms with van der Waals surface area (Å²) in [4.78, 5) is 13.7. The van der Waals surface area contributed by atoms with Crippen LogP contribution in [0.5, 0.6) is 0 Å². The molecular formula is C12H13N3O. The molecule has 2 aromatic rings. The molecule has 1 amide bonds. The number of aryl methyl sites for hydroxylation is 1. The van der Waals surface area contributed by atoms with Gasteiger partial charge in [0.15, 0.2) is 0 Å². The molecule has 0 spiro atoms. The van der Waals surface area contributed by atoms with Crippen LogP contribution in [0.3, 0.4) is 0 Å². The van der Waals surface area contributed by atoms with Crippen molar-refractivity contribution in [2.75, 3.05) is 11.9 Å². The number of carbonyl (C=O) groups excluding carboxylic acids is 1. The van der Waals surface area contributed by atoms with E-state index in [-0.39, 0.29) is 5.91 Å². The molecule has 1 aromatic heterocycles. The van der Waals surface area contributed by atoms with Gasteiger partial charge in [-0.3, -0.25) is 14.4 Å². The first-order chi connectivity index (χ1) is 7.70. The zero-order valence-electron chi connectivity index (χ0n) is 9.29. The first kappa shape index (κ1) is 10.4. The summed E-state index contributed by atoms with van der Waals surface area (Å²) < 4.78 is 1.67. The standard InChI is InChI=1S/C12H13N3O/c1-14(11-8-9-13-15(11)2)12(16)10-6-4-3-5-7-10/h3-9H,1-2H3. The molecule has 0 bridgehead atoms. The third kappa shape index (κ3) is 1.82. The van der Waals surface area contributed by atoms with Crippen molar-refractivity contribution < 1.29 is 4.79 Å². The second-order valence-corrected chi connectivity index (χ2v) is 3.54. The number of aromatic nitrogens is 2. The van der Waals surface area contributed by atoms with Crippen LogP contribution in [-0.2, 0) is 7.05 Å². The number of hydrogen-bond donors (Lipinski definition) is 0. The number of hydrogen-bond acceptors (Lipinski definition) is 2. The second kappa shape index (κ2) is 4.18. The summed E-state index contributed by atoms with van der Waals surface area (Å²) in [5.74, 6) is 0.734. The molecule has 0 saturated carbocycles. The molecule has 0 saturated heterocycles. The Kier molecular flexibility index (Phi) is 2.72. The Balaban J connectivity index is 2.27. The summed E-state index contributed by atoms with van der Waals surface area (Å²) in [5, 5.41) is 4.04. The van der Waals surface area contributed by atoms with Gasteiger partial charge in [-0.1, -0.05) is 18.2 Å². The Bertz CT molecular complexity index is 490. The Morgan fingerprint density at radius 2 is 1.94 bits per heavy atom. The molecule has 2 rings (SSSR count). The van der Waals surface area contributed by atoms with Crippen LogP contribution in [0, 0.1) is 0 Å². The van der Waals surface area contributed by atoms with E-state index >= 15 is 0 Å². The van der Waals surface area contributed by atoms with Crippen LogP contribution < -0.4 is 4.90 Å². The highest BCUT2D eigenvalue weighted by atomic mass is 16.2. The van der Waals surface area contributed by atoms with Gasteiger partial charge in [-0.2, -0.15) is 5.10 Å². The Hall–Kier alpha value is -2.10. The largest absolute Gasteiger partial charge is 0.296 e. The van der Waals surface area contributed by atoms with Crippen molar-refractivity contribution in [3.63, 3.8) is 0 Å². The van der Waals surface area contributed by atoms with E-state index in [9.17, 15) is 4.79 Å². The average Bonchev–Trinajstić information content (AvgIpc) is 2.75. The highest BCUT2D eigenvalue weighted by molar-refractivity contribution is 6.05. The molecule has 0 aliphatic rings. The normalized spacial score (nSPS) is 10.1. The van der Waals surface area contributed by atoms with Gasteiger partial charge in [0, 0.05) is 25.7 Å². The summed E-state index contributed by atoms with van der Waals surface area (Å²) in [5.41, 5.74) is 0.672. The smallest absolute Gasteiger partial charge is 0.259 e. The first-order valence-electron chi connectivity index (χ1n) is 5.01. The number of anilines is 1. The molecule has 4 heteroatoms. The number of amides is 1. The van der Waals surface area contributed by atoms with Crippen molar-refractivity contribution in [1.82, 2.24) is 9.78 Å². The molecule has 0 aliphatic heterocycles. The quantitative estimate of drug-likeness (QED) is 0.764. The summed E-state index contributed by atoms with van der Waals surface area (Å²) in [6, 6.07) is 11.0. The lowest BCUT2D eigenvalue weighted by Gasteiger charge is -2.16. The molecule has 4 nitrogen and oxygen atoms in total. The van der Waals surface area contributed by atoms with E-state index in [1.54, 1.807) is 41.0 Å². The molecule has 0 aliphatic carbocycles. The Labute approximate surface area is 94.1 Å². The van der Waals surface area contributed by atoms with Gasteiger partial charge >= 0.3 is 0 Å². The van der Waals surface area contributed by atoms with Crippen molar-refractivity contribution in [3.05, 3.63) is 48.2 Å². The van der Waals surface area contributed by atoms with Crippen molar-refractivity contribution in [2.45, 2.75) is 0 Å². The Morgan fingerprint density at radius 1 is 1.25 bits per heavy atom. The van der Waals surface area contributed by atoms with Crippen LogP contribution in [0.1, 0.15) is 10.4 Å². The van der Waals surface area contributed by atoms with Crippen LogP contribution >= 0.6 is 0 Å². The van der Waals surface area contributed by atoms with Gasteiger partial charge in [-0.25, -0.2) is 0 Å². The zero-order valence-corrected chi connectivity index (χ0v) is 9.29. The predicted molar refractivity (Wildman–Crippen MR) is 62.4 cm³/mol. The lowest BCUT2D eigenvalue weighted by atomic mass is 10.2. The van der Waals surface area contributed by atoms with Crippen molar-refractivity contribution in [1.29, 1.82) is 0 Å². The van der Waals surface area contributed by atoms with E-state index in [1.807, 2.05) is 25.2 Å². The van der Waals surface area contributed by atoms with E-state index in [1.165, 1.54) is 0 Å². The van der Waals surface area contributed by atoms with E-state index in [2.05, 4.69) is 5.10 Å². The fourth-order valence-electron chi connectivity index (χ4n) is 1.57. The first-order valence-corrected chi connectivity index (χ1v) is 5.01. The van der Waals surface area contributed by atoms with Crippen molar-refractivity contribution in [2.24, 2.45) is 7.05 Å². The molecule has 0 fully saturated rings. The summed E-state index contributed by atoms with van der Waals surface area (Å²) in [6.45, 7) is 0. The summed E-state index contributed by atoms with van der Waals surface area (Å²) in [6.07, 6.45) is 1.67. The second-order valence-electron chi connectivity index (χ2n) is 3.54. The monoisotopic (exact) mass is 215 g/mol. The van der Waals surface area contributed by atoms with Gasteiger partial charge in [0.1, 0.15) is 5.82 Å². The fourth-order valence-corrected chi connectivity index (χ4v) is 1.57. The van der Waals surface area contributed by atoms with E-state index in [4.69, 9.17) is 0 Å². The fraction of sp³-hybridized carbons (Fsp3) is 0.167. The maximum atomic E-state index is 12.1. The number of carbonyl (C=O) groups is 1. The molecule has 0 unspecified atom stereocenters. The summed E-state index contributed by atoms with van der Waals surface area (Å²) >= 11 is 0. The van der Waals surface area contributed by atoms with Gasteiger partial charge in [-0.05, 0) is 12.1 Å². The molecule has 82 valence electrons. The molecule has 16 heavy (non-hydrogen) atoms. The predicted octanol–water partition coefficient (Wildman–Crippen LogP) is 1.70. The van der Waals surface area contributed by atoms with Crippen LogP contribution in [0.25, 0.3) is 0 Å². The minimum absolute atomic E-state index is 0.0378. The maximum absolute atomic E-state index is 12.1. The number of rotatable bonds is 2. The molecule has 1 heterocycles. The third-order valence-corrected chi connectivity index (χ3v) is 2.46. The zero-order chi connectivity index (χ0) is 11.5. The lowest BCUT2D eigenvalue weighted by molar-refractivity contribution is 0.0991. The Morgan fingerprint density at radius 3 is 2.50 bits per heavy atom. The van der Waals surface area contributed by atoms with E-state index in [0.717, 1.165) is 5.82 Å². The molecule has 0 N–H and O–H groups in total. The molecular weight excluding hydrogens is 202 g/mol. The van der Waals surface area contributed by atoms with Crippen molar-refractivity contribution >= 4 is 11.7 Å². The van der Waals surface area contributed by atoms with Crippen LogP contribution in [0.2, 0.25) is 0 Å². The van der Waals surface area contributed by atoms with Crippen LogP contribution in [-0.4, -0.2) is 22.7 Å². The highest BCUT2D eigenvalue weighted by Gasteiger charge is 2.14. The SMILES string of the molecule is CN(C(=O)c1ccccc1)c1ccnn1C. The van der Waals surface area contributed by atoms with Crippen LogP contribution in [0.15, 0.2) is 42.6 Å². The molecule has 0 atom stereocenters. The van der Waals surface area contributed by atoms with Gasteiger partial charge < -0.3 is 0 Å². The minimum atomic E-state index is -0.0378. The van der Waals surface area contributed by atoms with Gasteiger partial charge in [0.2, 0.25) is 0 Å². The maximum Gasteiger partial charge on any atom is 0.259 e. The topological polar surface area (TPSA) is 38.1 Å². The van der Waals surface area contributed by atoms with E-state index < -0.39 is 0 Å². The van der Waals surface area contributed by atoms with Crippen LogP contribution in [0.4, 0.5) is 5.82 Å². The third-order valence-electron chi connectivity index (χ3n) is 2.46. The van der Waals surface area contributed by atoms with Gasteiger partial charge in [0.05, 0.1) is 6.20 Å². The summed E-state index contributed by atoms with van der Waals surface area (Å²) in [7, 11) is 3.55. The van der Waals surface area contributed by atoms with Gasteiger partial charge in [-0.15, -0.1) is 0 Å². The highest BCUT2D eigenvalue weighted by Crippen LogP contribution is 2.13. The molecule has 0 radical (unpaired) electrons.